The first kappa shape index (κ1) is 19.9. The molecule has 3 rings (SSSR count). The highest BCUT2D eigenvalue weighted by Crippen LogP contribution is 2.36. The zero-order valence-electron chi connectivity index (χ0n) is 14.2. The molecule has 10 heteroatoms. The number of nitrogens with zero attached hydrogens (tertiary/aromatic N) is 1. The van der Waals surface area contributed by atoms with Crippen molar-refractivity contribution in [3.63, 3.8) is 0 Å². The lowest BCUT2D eigenvalue weighted by Crippen LogP contribution is -2.50. The van der Waals surface area contributed by atoms with Crippen molar-refractivity contribution in [2.75, 3.05) is 26.2 Å². The summed E-state index contributed by atoms with van der Waals surface area (Å²) >= 11 is 0. The first-order valence-electron chi connectivity index (χ1n) is 8.47. The molecule has 0 saturated carbocycles. The van der Waals surface area contributed by atoms with Gasteiger partial charge in [-0.05, 0) is 37.6 Å². The number of hydrogen-bond acceptors (Lipinski definition) is 3. The Labute approximate surface area is 151 Å². The van der Waals surface area contributed by atoms with Gasteiger partial charge in [0.2, 0.25) is 0 Å². The van der Waals surface area contributed by atoms with Gasteiger partial charge in [0, 0.05) is 24.7 Å². The van der Waals surface area contributed by atoms with Crippen molar-refractivity contribution in [2.45, 2.75) is 37.3 Å². The average Bonchev–Trinajstić information content (AvgIpc) is 3.05. The lowest BCUT2D eigenvalue weighted by atomic mass is 10.0. The van der Waals surface area contributed by atoms with E-state index in [0.717, 1.165) is 19.4 Å². The van der Waals surface area contributed by atoms with Gasteiger partial charge < -0.3 is 10.1 Å². The van der Waals surface area contributed by atoms with Crippen molar-refractivity contribution in [1.82, 2.24) is 10.2 Å². The predicted octanol–water partition coefficient (Wildman–Crippen LogP) is 3.32. The lowest BCUT2D eigenvalue weighted by molar-refractivity contribution is -0.143. The molecule has 0 bridgehead atoms. The number of hydrogen-bond donors (Lipinski definition) is 1. The number of rotatable bonds is 3. The van der Waals surface area contributed by atoms with Crippen LogP contribution in [0.4, 0.5) is 26.3 Å². The van der Waals surface area contributed by atoms with Gasteiger partial charge in [0.1, 0.15) is 0 Å². The summed E-state index contributed by atoms with van der Waals surface area (Å²) in [6.07, 6.45) is -8.25. The molecule has 2 atom stereocenters. The SMILES string of the molecule is O=C(NC[C@@H]1CN2CCC[C@H]2CO1)c1cc(C(F)(F)F)cc(C(F)(F)F)c1. The number of nitrogens with one attached hydrogen (secondary N) is 1. The molecule has 2 saturated heterocycles. The number of fused-ring (bicyclic) bond motifs is 1. The number of benzene rings is 1. The molecule has 2 aliphatic rings. The Morgan fingerprint density at radius 2 is 1.74 bits per heavy atom. The van der Waals surface area contributed by atoms with Crippen molar-refractivity contribution >= 4 is 5.91 Å². The Morgan fingerprint density at radius 1 is 1.11 bits per heavy atom. The van der Waals surface area contributed by atoms with E-state index in [1.54, 1.807) is 0 Å². The highest BCUT2D eigenvalue weighted by molar-refractivity contribution is 5.94. The molecule has 0 spiro atoms. The van der Waals surface area contributed by atoms with Crippen LogP contribution in [-0.4, -0.2) is 49.2 Å². The number of halogens is 6. The summed E-state index contributed by atoms with van der Waals surface area (Å²) in [4.78, 5) is 14.4. The second-order valence-corrected chi connectivity index (χ2v) is 6.75. The van der Waals surface area contributed by atoms with Gasteiger partial charge in [0.15, 0.2) is 0 Å². The van der Waals surface area contributed by atoms with Gasteiger partial charge in [0.25, 0.3) is 5.91 Å². The quantitative estimate of drug-likeness (QED) is 0.798. The fraction of sp³-hybridized carbons (Fsp3) is 0.588. The molecule has 1 N–H and O–H groups in total. The second-order valence-electron chi connectivity index (χ2n) is 6.75. The molecule has 1 amide bonds. The fourth-order valence-corrected chi connectivity index (χ4v) is 3.40. The van der Waals surface area contributed by atoms with E-state index in [1.807, 2.05) is 0 Å². The van der Waals surface area contributed by atoms with Gasteiger partial charge in [-0.15, -0.1) is 0 Å². The first-order valence-corrected chi connectivity index (χ1v) is 8.47. The van der Waals surface area contributed by atoms with E-state index in [-0.39, 0.29) is 18.7 Å². The van der Waals surface area contributed by atoms with Gasteiger partial charge in [-0.1, -0.05) is 0 Å². The molecular weight excluding hydrogens is 378 g/mol. The van der Waals surface area contributed by atoms with E-state index in [9.17, 15) is 31.1 Å². The largest absolute Gasteiger partial charge is 0.416 e. The molecule has 27 heavy (non-hydrogen) atoms. The molecule has 1 aromatic rings. The van der Waals surface area contributed by atoms with Crippen LogP contribution in [0.2, 0.25) is 0 Å². The summed E-state index contributed by atoms with van der Waals surface area (Å²) in [5, 5.41) is 2.38. The summed E-state index contributed by atoms with van der Waals surface area (Å²) in [5.74, 6) is -1.00. The number of ether oxygens (including phenoxy) is 1. The molecule has 0 aliphatic carbocycles. The normalized spacial score (nSPS) is 23.9. The number of alkyl halides is 6. The van der Waals surface area contributed by atoms with Crippen LogP contribution in [0.5, 0.6) is 0 Å². The Kier molecular flexibility index (Phi) is 5.40. The predicted molar refractivity (Wildman–Crippen MR) is 83.1 cm³/mol. The van der Waals surface area contributed by atoms with Gasteiger partial charge in [0.05, 0.1) is 23.8 Å². The van der Waals surface area contributed by atoms with Crippen molar-refractivity contribution in [3.8, 4) is 0 Å². The first-order chi connectivity index (χ1) is 12.5. The van der Waals surface area contributed by atoms with E-state index in [4.69, 9.17) is 4.74 Å². The van der Waals surface area contributed by atoms with Crippen molar-refractivity contribution < 1.29 is 35.9 Å². The topological polar surface area (TPSA) is 41.6 Å². The summed E-state index contributed by atoms with van der Waals surface area (Å²) in [5.41, 5.74) is -3.72. The molecule has 1 aromatic carbocycles. The molecule has 2 fully saturated rings. The Bertz CT molecular complexity index is 671. The van der Waals surface area contributed by atoms with Gasteiger partial charge in [-0.25, -0.2) is 0 Å². The third-order valence-electron chi connectivity index (χ3n) is 4.80. The number of morpholine rings is 1. The Hall–Kier alpha value is -1.81. The molecular formula is C17H18F6N2O2. The third-order valence-corrected chi connectivity index (χ3v) is 4.80. The van der Waals surface area contributed by atoms with E-state index in [2.05, 4.69) is 10.2 Å². The third kappa shape index (κ3) is 4.73. The van der Waals surface area contributed by atoms with Crippen LogP contribution in [0.1, 0.15) is 34.3 Å². The zero-order chi connectivity index (χ0) is 19.8. The van der Waals surface area contributed by atoms with Crippen molar-refractivity contribution in [3.05, 3.63) is 34.9 Å². The molecule has 0 radical (unpaired) electrons. The smallest absolute Gasteiger partial charge is 0.373 e. The van der Waals surface area contributed by atoms with Crippen LogP contribution in [0.3, 0.4) is 0 Å². The molecule has 2 heterocycles. The Balaban J connectivity index is 1.70. The lowest BCUT2D eigenvalue weighted by Gasteiger charge is -2.35. The highest BCUT2D eigenvalue weighted by atomic mass is 19.4. The van der Waals surface area contributed by atoms with Crippen LogP contribution in [0.15, 0.2) is 18.2 Å². The van der Waals surface area contributed by atoms with Crippen LogP contribution in [0.25, 0.3) is 0 Å². The summed E-state index contributed by atoms with van der Waals surface area (Å²) in [7, 11) is 0. The molecule has 150 valence electrons. The summed E-state index contributed by atoms with van der Waals surface area (Å²) in [6.45, 7) is 2.00. The van der Waals surface area contributed by atoms with Gasteiger partial charge >= 0.3 is 12.4 Å². The van der Waals surface area contributed by atoms with E-state index < -0.39 is 35.0 Å². The van der Waals surface area contributed by atoms with Crippen LogP contribution >= 0.6 is 0 Å². The van der Waals surface area contributed by atoms with E-state index >= 15 is 0 Å². The van der Waals surface area contributed by atoms with Crippen molar-refractivity contribution in [2.24, 2.45) is 0 Å². The maximum absolute atomic E-state index is 12.9. The number of carbonyl (C=O) groups is 1. The standard InChI is InChI=1S/C17H18F6N2O2/c18-16(19,20)11-4-10(5-12(6-11)17(21,22)23)15(26)24-7-14-8-25-3-1-2-13(25)9-27-14/h4-6,13-14H,1-3,7-9H2,(H,24,26)/t13-,14+/m0/s1. The minimum Gasteiger partial charge on any atom is -0.373 e. The van der Waals surface area contributed by atoms with Gasteiger partial charge in [-0.3, -0.25) is 9.69 Å². The minimum absolute atomic E-state index is 0.00542. The van der Waals surface area contributed by atoms with Crippen LogP contribution in [0, 0.1) is 0 Å². The second kappa shape index (κ2) is 7.31. The molecule has 0 unspecified atom stereocenters. The monoisotopic (exact) mass is 396 g/mol. The summed E-state index contributed by atoms with van der Waals surface area (Å²) < 4.78 is 82.9. The van der Waals surface area contributed by atoms with Gasteiger partial charge in [-0.2, -0.15) is 26.3 Å². The zero-order valence-corrected chi connectivity index (χ0v) is 14.2. The van der Waals surface area contributed by atoms with E-state index in [1.165, 1.54) is 0 Å². The molecule has 4 nitrogen and oxygen atoms in total. The van der Waals surface area contributed by atoms with E-state index in [0.29, 0.717) is 31.3 Å². The van der Waals surface area contributed by atoms with Crippen molar-refractivity contribution in [1.29, 1.82) is 0 Å². The highest BCUT2D eigenvalue weighted by Gasteiger charge is 2.38. The van der Waals surface area contributed by atoms with Crippen LogP contribution < -0.4 is 5.32 Å². The number of carbonyl (C=O) groups excluding carboxylic acids is 1. The number of amides is 1. The Morgan fingerprint density at radius 3 is 2.33 bits per heavy atom. The molecule has 2 aliphatic heterocycles. The maximum atomic E-state index is 12.9. The average molecular weight is 396 g/mol. The minimum atomic E-state index is -4.99. The summed E-state index contributed by atoms with van der Waals surface area (Å²) in [6, 6.07) is 1.18. The molecule has 0 aromatic heterocycles. The maximum Gasteiger partial charge on any atom is 0.416 e. The van der Waals surface area contributed by atoms with Crippen LogP contribution in [-0.2, 0) is 17.1 Å². The fourth-order valence-electron chi connectivity index (χ4n) is 3.40.